The first kappa shape index (κ1) is 27.1. The molecule has 5 rings (SSSR count). The fourth-order valence-corrected chi connectivity index (χ4v) is 6.66. The van der Waals surface area contributed by atoms with Crippen LogP contribution in [0.3, 0.4) is 0 Å². The topological polar surface area (TPSA) is 79.0 Å². The Morgan fingerprint density at radius 2 is 1.59 bits per heavy atom. The van der Waals surface area contributed by atoms with E-state index in [2.05, 4.69) is 33.9 Å². The summed E-state index contributed by atoms with van der Waals surface area (Å²) >= 11 is 0. The first-order valence-corrected chi connectivity index (χ1v) is 15.3. The largest absolute Gasteiger partial charge is 0.497 e. The molecule has 3 aromatic rings. The van der Waals surface area contributed by atoms with Crippen molar-refractivity contribution in [1.29, 1.82) is 0 Å². The number of hydrogen-bond donors (Lipinski definition) is 1. The predicted molar refractivity (Wildman–Crippen MR) is 155 cm³/mol. The van der Waals surface area contributed by atoms with Crippen molar-refractivity contribution in [3.63, 3.8) is 0 Å². The van der Waals surface area contributed by atoms with Gasteiger partial charge in [-0.1, -0.05) is 30.3 Å². The normalized spacial score (nSPS) is 16.6. The van der Waals surface area contributed by atoms with Crippen molar-refractivity contribution in [2.45, 2.75) is 43.4 Å². The third kappa shape index (κ3) is 6.56. The zero-order chi connectivity index (χ0) is 27.2. The number of carbonyl (C=O) groups is 1. The van der Waals surface area contributed by atoms with Crippen LogP contribution in [0, 0.1) is 5.92 Å². The molecule has 39 heavy (non-hydrogen) atoms. The molecule has 1 N–H and O–H groups in total. The van der Waals surface area contributed by atoms with Crippen molar-refractivity contribution < 1.29 is 17.9 Å². The highest BCUT2D eigenvalue weighted by Crippen LogP contribution is 2.32. The minimum absolute atomic E-state index is 0.0263. The van der Waals surface area contributed by atoms with Gasteiger partial charge in [-0.05, 0) is 92.5 Å². The lowest BCUT2D eigenvalue weighted by Crippen LogP contribution is -2.39. The summed E-state index contributed by atoms with van der Waals surface area (Å²) < 4.78 is 34.0. The molecule has 0 atom stereocenters. The Morgan fingerprint density at radius 3 is 2.26 bits per heavy atom. The summed E-state index contributed by atoms with van der Waals surface area (Å²) in [5.74, 6) is 1.17. The second kappa shape index (κ2) is 12.1. The number of sulfonamides is 1. The van der Waals surface area contributed by atoms with E-state index >= 15 is 0 Å². The summed E-state index contributed by atoms with van der Waals surface area (Å²) in [6.07, 6.45) is 6.30. The van der Waals surface area contributed by atoms with Crippen molar-refractivity contribution in [1.82, 2.24) is 4.90 Å². The minimum Gasteiger partial charge on any atom is -0.497 e. The van der Waals surface area contributed by atoms with E-state index in [1.807, 2.05) is 17.0 Å². The molecule has 0 bridgehead atoms. The van der Waals surface area contributed by atoms with Gasteiger partial charge in [-0.25, -0.2) is 8.42 Å². The Bertz CT molecular complexity index is 1360. The minimum atomic E-state index is -3.82. The van der Waals surface area contributed by atoms with Crippen molar-refractivity contribution in [2.75, 3.05) is 42.9 Å². The van der Waals surface area contributed by atoms with Crippen LogP contribution in [0.2, 0.25) is 0 Å². The van der Waals surface area contributed by atoms with Crippen molar-refractivity contribution in [2.24, 2.45) is 5.92 Å². The second-order valence-corrected chi connectivity index (χ2v) is 12.2. The van der Waals surface area contributed by atoms with Crippen molar-refractivity contribution >= 4 is 27.3 Å². The zero-order valence-electron chi connectivity index (χ0n) is 22.5. The average molecular weight is 548 g/mol. The van der Waals surface area contributed by atoms with Gasteiger partial charge in [0.1, 0.15) is 5.75 Å². The van der Waals surface area contributed by atoms with Gasteiger partial charge in [0.25, 0.3) is 15.9 Å². The van der Waals surface area contributed by atoms with E-state index < -0.39 is 10.0 Å². The van der Waals surface area contributed by atoms with E-state index in [9.17, 15) is 13.2 Å². The molecule has 0 aliphatic carbocycles. The predicted octanol–water partition coefficient (Wildman–Crippen LogP) is 5.58. The molecule has 1 amide bonds. The van der Waals surface area contributed by atoms with Gasteiger partial charge in [0, 0.05) is 37.6 Å². The number of rotatable bonds is 8. The number of nitrogens with zero attached hydrogens (tertiary/aromatic N) is 2. The molecular formula is C31H37N3O4S. The fraction of sp³-hybridized carbons (Fsp3) is 0.387. The summed E-state index contributed by atoms with van der Waals surface area (Å²) in [4.78, 5) is 18.1. The fourth-order valence-electron chi connectivity index (χ4n) is 5.61. The maximum atomic E-state index is 13.7. The van der Waals surface area contributed by atoms with Crippen LogP contribution in [-0.2, 0) is 16.4 Å². The van der Waals surface area contributed by atoms with E-state index in [0.29, 0.717) is 22.9 Å². The lowest BCUT2D eigenvalue weighted by molar-refractivity contribution is 0.0725. The number of hydrogen-bond acceptors (Lipinski definition) is 5. The summed E-state index contributed by atoms with van der Waals surface area (Å²) in [5.41, 5.74) is 3.20. The van der Waals surface area contributed by atoms with Crippen LogP contribution in [0.5, 0.6) is 5.75 Å². The molecule has 2 saturated heterocycles. The number of likely N-dealkylation sites (tertiary alicyclic amines) is 1. The summed E-state index contributed by atoms with van der Waals surface area (Å²) in [7, 11) is -2.29. The monoisotopic (exact) mass is 547 g/mol. The molecule has 8 heteroatoms. The molecule has 7 nitrogen and oxygen atoms in total. The highest BCUT2D eigenvalue weighted by molar-refractivity contribution is 7.92. The highest BCUT2D eigenvalue weighted by atomic mass is 32.2. The van der Waals surface area contributed by atoms with Crippen LogP contribution in [0.1, 0.15) is 48.0 Å². The number of benzene rings is 3. The van der Waals surface area contributed by atoms with E-state index in [1.165, 1.54) is 24.8 Å². The Balaban J connectivity index is 1.36. The van der Waals surface area contributed by atoms with E-state index in [4.69, 9.17) is 4.74 Å². The molecule has 0 spiro atoms. The van der Waals surface area contributed by atoms with Crippen LogP contribution < -0.4 is 14.4 Å². The Kier molecular flexibility index (Phi) is 8.41. The molecule has 0 aromatic heterocycles. The van der Waals surface area contributed by atoms with Crippen LogP contribution >= 0.6 is 0 Å². The summed E-state index contributed by atoms with van der Waals surface area (Å²) in [6, 6.07) is 22.2. The van der Waals surface area contributed by atoms with Gasteiger partial charge in [0.15, 0.2) is 0 Å². The van der Waals surface area contributed by atoms with Gasteiger partial charge >= 0.3 is 0 Å². The van der Waals surface area contributed by atoms with Crippen LogP contribution in [0.15, 0.2) is 77.7 Å². The molecule has 0 unspecified atom stereocenters. The van der Waals surface area contributed by atoms with Crippen LogP contribution in [-0.4, -0.2) is 52.5 Å². The van der Waals surface area contributed by atoms with E-state index in [1.54, 1.807) is 24.3 Å². The Morgan fingerprint density at radius 1 is 0.897 bits per heavy atom. The van der Waals surface area contributed by atoms with Gasteiger partial charge in [-0.3, -0.25) is 9.52 Å². The van der Waals surface area contributed by atoms with Gasteiger partial charge in [0.2, 0.25) is 0 Å². The lowest BCUT2D eigenvalue weighted by Gasteiger charge is -2.36. The van der Waals surface area contributed by atoms with Gasteiger partial charge < -0.3 is 14.5 Å². The standard InChI is InChI=1S/C31H37N3O4S/c1-38-27-11-13-28(14-12-27)39(36,37)32-26-10-15-30(29(23-26)31(35)34-18-6-3-7-19-34)33-20-16-25(17-21-33)22-24-8-4-2-5-9-24/h2,4-5,8-15,23,25,32H,3,6-7,16-22H2,1H3. The Hall–Kier alpha value is -3.52. The molecule has 206 valence electrons. The lowest BCUT2D eigenvalue weighted by atomic mass is 9.89. The smallest absolute Gasteiger partial charge is 0.261 e. The van der Waals surface area contributed by atoms with E-state index in [0.717, 1.165) is 70.4 Å². The molecule has 2 heterocycles. The molecule has 3 aromatic carbocycles. The maximum absolute atomic E-state index is 13.7. The Labute approximate surface area is 231 Å². The third-order valence-electron chi connectivity index (χ3n) is 7.81. The molecular weight excluding hydrogens is 510 g/mol. The maximum Gasteiger partial charge on any atom is 0.261 e. The molecule has 2 aliphatic heterocycles. The van der Waals surface area contributed by atoms with Gasteiger partial charge in [-0.2, -0.15) is 0 Å². The number of ether oxygens (including phenoxy) is 1. The van der Waals surface area contributed by atoms with Gasteiger partial charge in [0.05, 0.1) is 17.6 Å². The molecule has 2 fully saturated rings. The van der Waals surface area contributed by atoms with Gasteiger partial charge in [-0.15, -0.1) is 0 Å². The van der Waals surface area contributed by atoms with Crippen molar-refractivity contribution in [3.8, 4) is 5.75 Å². The SMILES string of the molecule is COc1ccc(S(=O)(=O)Nc2ccc(N3CCC(Cc4ccccc4)CC3)c(C(=O)N3CCCCC3)c2)cc1. The third-order valence-corrected chi connectivity index (χ3v) is 9.21. The molecule has 0 saturated carbocycles. The molecule has 2 aliphatic rings. The summed E-state index contributed by atoms with van der Waals surface area (Å²) in [6.45, 7) is 3.21. The zero-order valence-corrected chi connectivity index (χ0v) is 23.3. The quantitative estimate of drug-likeness (QED) is 0.398. The number of carbonyl (C=O) groups excluding carboxylic acids is 1. The van der Waals surface area contributed by atoms with Crippen LogP contribution in [0.4, 0.5) is 11.4 Å². The first-order chi connectivity index (χ1) is 18.9. The second-order valence-electron chi connectivity index (χ2n) is 10.5. The molecule has 0 radical (unpaired) electrons. The number of anilines is 2. The number of nitrogens with one attached hydrogen (secondary N) is 1. The van der Waals surface area contributed by atoms with Crippen LogP contribution in [0.25, 0.3) is 0 Å². The highest BCUT2D eigenvalue weighted by Gasteiger charge is 2.27. The van der Waals surface area contributed by atoms with E-state index in [-0.39, 0.29) is 10.8 Å². The van der Waals surface area contributed by atoms with Crippen molar-refractivity contribution in [3.05, 3.63) is 83.9 Å². The number of amides is 1. The first-order valence-electron chi connectivity index (χ1n) is 13.8. The number of methoxy groups -OCH3 is 1. The summed E-state index contributed by atoms with van der Waals surface area (Å²) in [5, 5.41) is 0. The average Bonchev–Trinajstić information content (AvgIpc) is 2.98. The number of piperidine rings is 2.